The van der Waals surface area contributed by atoms with Crippen molar-refractivity contribution < 1.29 is 4.74 Å². The van der Waals surface area contributed by atoms with Crippen LogP contribution in [0.25, 0.3) is 0 Å². The summed E-state index contributed by atoms with van der Waals surface area (Å²) < 4.78 is 5.16. The van der Waals surface area contributed by atoms with Crippen LogP contribution in [0.5, 0.6) is 5.88 Å². The largest absolute Gasteiger partial charge is 0.481 e. The maximum absolute atomic E-state index is 5.16. The van der Waals surface area contributed by atoms with Gasteiger partial charge in [-0.1, -0.05) is 0 Å². The van der Waals surface area contributed by atoms with Gasteiger partial charge in [0.1, 0.15) is 0 Å². The molecule has 2 aromatic heterocycles. The van der Waals surface area contributed by atoms with Gasteiger partial charge in [-0.2, -0.15) is 0 Å². The molecule has 1 atom stereocenters. The van der Waals surface area contributed by atoms with Crippen LogP contribution in [0.15, 0.2) is 36.8 Å². The highest BCUT2D eigenvalue weighted by atomic mass is 16.5. The summed E-state index contributed by atoms with van der Waals surface area (Å²) in [5.74, 6) is 1.37. The highest BCUT2D eigenvalue weighted by Crippen LogP contribution is 2.17. The van der Waals surface area contributed by atoms with E-state index in [1.165, 1.54) is 5.56 Å². The van der Waals surface area contributed by atoms with E-state index in [0.717, 1.165) is 26.1 Å². The quantitative estimate of drug-likeness (QED) is 0.899. The Hall–Kier alpha value is -2.21. The number of nitrogens with zero attached hydrogens (tertiary/aromatic N) is 4. The fourth-order valence-corrected chi connectivity index (χ4v) is 2.57. The molecule has 3 heterocycles. The Kier molecular flexibility index (Phi) is 4.25. The number of nitrogens with one attached hydrogen (secondary N) is 1. The molecule has 0 amide bonds. The van der Waals surface area contributed by atoms with Gasteiger partial charge in [0.2, 0.25) is 11.8 Å². The van der Waals surface area contributed by atoms with Gasteiger partial charge in [0.25, 0.3) is 0 Å². The van der Waals surface area contributed by atoms with Crippen LogP contribution in [0, 0.1) is 0 Å². The number of methoxy groups -OCH3 is 1. The summed E-state index contributed by atoms with van der Waals surface area (Å²) in [7, 11) is 1.64. The van der Waals surface area contributed by atoms with Crippen LogP contribution in [-0.2, 0) is 6.54 Å². The minimum atomic E-state index is 0.399. The zero-order chi connectivity index (χ0) is 14.5. The summed E-state index contributed by atoms with van der Waals surface area (Å²) in [5, 5.41) is 3.38. The molecule has 0 saturated carbocycles. The van der Waals surface area contributed by atoms with Crippen LogP contribution in [0.1, 0.15) is 12.0 Å². The second-order valence-electron chi connectivity index (χ2n) is 5.14. The number of aromatic nitrogens is 3. The third-order valence-electron chi connectivity index (χ3n) is 3.59. The average Bonchev–Trinajstić information content (AvgIpc) is 2.95. The molecule has 6 heteroatoms. The van der Waals surface area contributed by atoms with Crippen molar-refractivity contribution in [3.63, 3.8) is 0 Å². The van der Waals surface area contributed by atoms with E-state index in [2.05, 4.69) is 25.2 Å². The lowest BCUT2D eigenvalue weighted by Gasteiger charge is -2.16. The molecule has 0 radical (unpaired) electrons. The lowest BCUT2D eigenvalue weighted by Crippen LogP contribution is -2.26. The third-order valence-corrected chi connectivity index (χ3v) is 3.59. The minimum Gasteiger partial charge on any atom is -0.481 e. The van der Waals surface area contributed by atoms with Crippen molar-refractivity contribution >= 4 is 5.95 Å². The van der Waals surface area contributed by atoms with Crippen LogP contribution >= 0.6 is 0 Å². The zero-order valence-electron chi connectivity index (χ0n) is 12.1. The third kappa shape index (κ3) is 3.66. The van der Waals surface area contributed by atoms with Crippen molar-refractivity contribution in [1.29, 1.82) is 0 Å². The van der Waals surface area contributed by atoms with E-state index in [9.17, 15) is 0 Å². The van der Waals surface area contributed by atoms with Crippen molar-refractivity contribution in [2.24, 2.45) is 0 Å². The predicted molar refractivity (Wildman–Crippen MR) is 80.1 cm³/mol. The standard InChI is InChI=1S/C15H19N5O/c1-21-14-9-12(3-7-16-14)10-20-8-4-13(11-20)19-15-17-5-2-6-18-15/h2-3,5-7,9,13H,4,8,10-11H2,1H3,(H,17,18,19). The second kappa shape index (κ2) is 6.49. The number of hydrogen-bond donors (Lipinski definition) is 1. The SMILES string of the molecule is COc1cc(CN2CCC(Nc3ncccn3)C2)ccn1. The summed E-state index contributed by atoms with van der Waals surface area (Å²) in [5.41, 5.74) is 1.22. The van der Waals surface area contributed by atoms with E-state index in [1.807, 2.05) is 18.2 Å². The first kappa shape index (κ1) is 13.8. The summed E-state index contributed by atoms with van der Waals surface area (Å²) in [6.07, 6.45) is 6.40. The molecule has 21 heavy (non-hydrogen) atoms. The highest BCUT2D eigenvalue weighted by Gasteiger charge is 2.22. The molecular weight excluding hydrogens is 266 g/mol. The number of anilines is 1. The minimum absolute atomic E-state index is 0.399. The molecule has 6 nitrogen and oxygen atoms in total. The lowest BCUT2D eigenvalue weighted by molar-refractivity contribution is 0.327. The van der Waals surface area contributed by atoms with Gasteiger partial charge in [-0.3, -0.25) is 4.90 Å². The summed E-state index contributed by atoms with van der Waals surface area (Å²) >= 11 is 0. The number of hydrogen-bond acceptors (Lipinski definition) is 6. The maximum Gasteiger partial charge on any atom is 0.222 e. The molecule has 3 rings (SSSR count). The molecule has 1 fully saturated rings. The Balaban J connectivity index is 1.54. The number of likely N-dealkylation sites (tertiary alicyclic amines) is 1. The molecule has 1 aliphatic heterocycles. The Morgan fingerprint density at radius 3 is 2.95 bits per heavy atom. The van der Waals surface area contributed by atoms with E-state index in [4.69, 9.17) is 4.74 Å². The zero-order valence-corrected chi connectivity index (χ0v) is 12.1. The molecule has 110 valence electrons. The van der Waals surface area contributed by atoms with Crippen molar-refractivity contribution in [2.75, 3.05) is 25.5 Å². The first-order valence-electron chi connectivity index (χ1n) is 7.08. The van der Waals surface area contributed by atoms with Crippen molar-refractivity contribution in [2.45, 2.75) is 19.0 Å². The van der Waals surface area contributed by atoms with Gasteiger partial charge in [-0.25, -0.2) is 15.0 Å². The van der Waals surface area contributed by atoms with Crippen LogP contribution in [0.3, 0.4) is 0 Å². The molecule has 1 aliphatic rings. The second-order valence-corrected chi connectivity index (χ2v) is 5.14. The topological polar surface area (TPSA) is 63.2 Å². The van der Waals surface area contributed by atoms with Gasteiger partial charge in [0, 0.05) is 50.3 Å². The molecule has 0 aromatic carbocycles. The van der Waals surface area contributed by atoms with E-state index in [0.29, 0.717) is 17.9 Å². The Labute approximate surface area is 124 Å². The Morgan fingerprint density at radius 1 is 1.29 bits per heavy atom. The molecule has 2 aromatic rings. The van der Waals surface area contributed by atoms with Crippen molar-refractivity contribution in [1.82, 2.24) is 19.9 Å². The molecule has 0 spiro atoms. The number of rotatable bonds is 5. The van der Waals surface area contributed by atoms with Gasteiger partial charge in [0.15, 0.2) is 0 Å². The Morgan fingerprint density at radius 2 is 2.14 bits per heavy atom. The molecular formula is C15H19N5O. The Bertz CT molecular complexity index is 577. The average molecular weight is 285 g/mol. The normalized spacial score (nSPS) is 18.6. The number of pyridine rings is 1. The fraction of sp³-hybridized carbons (Fsp3) is 0.400. The molecule has 0 aliphatic carbocycles. The number of ether oxygens (including phenoxy) is 1. The van der Waals surface area contributed by atoms with E-state index >= 15 is 0 Å². The first-order valence-corrected chi connectivity index (χ1v) is 7.08. The molecule has 1 unspecified atom stereocenters. The molecule has 0 bridgehead atoms. The van der Waals surface area contributed by atoms with Crippen LogP contribution < -0.4 is 10.1 Å². The lowest BCUT2D eigenvalue weighted by atomic mass is 10.2. The van der Waals surface area contributed by atoms with Gasteiger partial charge < -0.3 is 10.1 Å². The predicted octanol–water partition coefficient (Wildman–Crippen LogP) is 1.57. The fourth-order valence-electron chi connectivity index (χ4n) is 2.57. The maximum atomic E-state index is 5.16. The van der Waals surface area contributed by atoms with E-state index in [-0.39, 0.29) is 0 Å². The molecule has 1 saturated heterocycles. The monoisotopic (exact) mass is 285 g/mol. The van der Waals surface area contributed by atoms with Crippen molar-refractivity contribution in [3.8, 4) is 5.88 Å². The van der Waals surface area contributed by atoms with E-state index in [1.54, 1.807) is 25.7 Å². The van der Waals surface area contributed by atoms with Gasteiger partial charge in [0.05, 0.1) is 7.11 Å². The van der Waals surface area contributed by atoms with Gasteiger partial charge >= 0.3 is 0 Å². The summed E-state index contributed by atoms with van der Waals surface area (Å²) in [4.78, 5) is 15.0. The first-order chi connectivity index (χ1) is 10.3. The van der Waals surface area contributed by atoms with Crippen LogP contribution in [0.2, 0.25) is 0 Å². The summed E-state index contributed by atoms with van der Waals surface area (Å²) in [6.45, 7) is 2.96. The van der Waals surface area contributed by atoms with Crippen LogP contribution in [-0.4, -0.2) is 46.1 Å². The highest BCUT2D eigenvalue weighted by molar-refractivity contribution is 5.25. The van der Waals surface area contributed by atoms with Gasteiger partial charge in [-0.05, 0) is 24.1 Å². The smallest absolute Gasteiger partial charge is 0.222 e. The van der Waals surface area contributed by atoms with E-state index < -0.39 is 0 Å². The summed E-state index contributed by atoms with van der Waals surface area (Å²) in [6, 6.07) is 6.24. The molecule has 1 N–H and O–H groups in total. The van der Waals surface area contributed by atoms with Crippen molar-refractivity contribution in [3.05, 3.63) is 42.4 Å². The van der Waals surface area contributed by atoms with Crippen LogP contribution in [0.4, 0.5) is 5.95 Å². The van der Waals surface area contributed by atoms with Gasteiger partial charge in [-0.15, -0.1) is 0 Å².